The van der Waals surface area contributed by atoms with E-state index in [9.17, 15) is 0 Å². The highest BCUT2D eigenvalue weighted by molar-refractivity contribution is 6.34. The molecular weight excluding hydrogens is 1090 g/mol. The maximum absolute atomic E-state index is 6.13. The lowest BCUT2D eigenvalue weighted by Gasteiger charge is -2.23. The van der Waals surface area contributed by atoms with Crippen molar-refractivity contribution in [3.05, 3.63) is 207 Å². The summed E-state index contributed by atoms with van der Waals surface area (Å²) in [6.07, 6.45) is 8.06. The highest BCUT2D eigenvalue weighted by atomic mass is 35.5. The van der Waals surface area contributed by atoms with Gasteiger partial charge in [0.2, 0.25) is 0 Å². The number of hydrogen-bond acceptors (Lipinski definition) is 0. The lowest BCUT2D eigenvalue weighted by atomic mass is 9.82. The maximum Gasteiger partial charge on any atom is 0.0423 e. The summed E-state index contributed by atoms with van der Waals surface area (Å²) in [4.78, 5) is 0. The van der Waals surface area contributed by atoms with Crippen LogP contribution in [-0.4, -0.2) is 0 Å². The summed E-state index contributed by atoms with van der Waals surface area (Å²) >= 11 is 23.9. The van der Waals surface area contributed by atoms with Crippen LogP contribution in [0.1, 0.15) is 290 Å². The largest absolute Gasteiger partial charge is 0.0843 e. The Bertz CT molecular complexity index is 2730. The Kier molecular flexibility index (Phi) is 31.9. The summed E-state index contributed by atoms with van der Waals surface area (Å²) < 4.78 is 0. The molecule has 0 amide bonds. The monoisotopic (exact) mass is 1210 g/mol. The molecule has 0 aromatic heterocycles. The lowest BCUT2D eigenvalue weighted by molar-refractivity contribution is 0.586. The SMILES string of the molecule is CC(C)(C)c1cc(Cl)cc(Cl)c1.CC(C)c1cc(C(C)C)cc(C(C)(C)C)c1.CCCCc1cc(Cl)cc(C(C)(C)C)c1.CCc1cc(C)cc(C(C)(C)C)c1.CCc1cc(CC)cc(C(C)(C)C)c1.CCc1cc(Cl)cc(C(C)(C)C)c1. The van der Waals surface area contributed by atoms with E-state index in [4.69, 9.17) is 46.4 Å². The molecule has 0 saturated heterocycles. The van der Waals surface area contributed by atoms with E-state index in [0.29, 0.717) is 21.9 Å². The van der Waals surface area contributed by atoms with Gasteiger partial charge in [0.1, 0.15) is 0 Å². The quantitative estimate of drug-likeness (QED) is 0.135. The van der Waals surface area contributed by atoms with Gasteiger partial charge in [-0.25, -0.2) is 0 Å². The Labute approximate surface area is 533 Å². The molecule has 0 saturated carbocycles. The molecule has 4 heteroatoms. The van der Waals surface area contributed by atoms with Crippen molar-refractivity contribution in [1.82, 2.24) is 0 Å². The van der Waals surface area contributed by atoms with E-state index in [2.05, 4.69) is 279 Å². The van der Waals surface area contributed by atoms with Gasteiger partial charge in [0.15, 0.2) is 0 Å². The van der Waals surface area contributed by atoms with Gasteiger partial charge in [0, 0.05) is 20.1 Å². The fourth-order valence-electron chi connectivity index (χ4n) is 8.76. The van der Waals surface area contributed by atoms with Gasteiger partial charge in [-0.1, -0.05) is 312 Å². The molecule has 0 aliphatic carbocycles. The number of unbranched alkanes of at least 4 members (excludes halogenated alkanes) is 1. The first-order valence-electron chi connectivity index (χ1n) is 31.3. The Morgan fingerprint density at radius 2 is 0.542 bits per heavy atom. The Morgan fingerprint density at radius 3 is 0.855 bits per heavy atom. The van der Waals surface area contributed by atoms with Crippen LogP contribution in [0.4, 0.5) is 0 Å². The number of benzene rings is 6. The molecule has 6 aromatic rings. The first-order valence-corrected chi connectivity index (χ1v) is 32.9. The molecule has 0 aliphatic heterocycles. The smallest absolute Gasteiger partial charge is 0.0423 e. The van der Waals surface area contributed by atoms with Crippen LogP contribution in [0.2, 0.25) is 20.1 Å². The van der Waals surface area contributed by atoms with Crippen LogP contribution < -0.4 is 0 Å². The van der Waals surface area contributed by atoms with Crippen LogP contribution >= 0.6 is 46.4 Å². The fourth-order valence-corrected chi connectivity index (χ4v) is 9.80. The Hall–Kier alpha value is -3.52. The van der Waals surface area contributed by atoms with Crippen molar-refractivity contribution in [2.45, 2.75) is 283 Å². The molecular formula is C79H118Cl4. The van der Waals surface area contributed by atoms with Gasteiger partial charge >= 0.3 is 0 Å². The van der Waals surface area contributed by atoms with Crippen molar-refractivity contribution in [3.8, 4) is 0 Å². The van der Waals surface area contributed by atoms with Gasteiger partial charge in [-0.15, -0.1) is 0 Å². The average molecular weight is 1210 g/mol. The first-order chi connectivity index (χ1) is 37.9. The number of halogens is 4. The van der Waals surface area contributed by atoms with Gasteiger partial charge in [0.25, 0.3) is 0 Å². The third-order valence-electron chi connectivity index (χ3n) is 14.9. The summed E-state index contributed by atoms with van der Waals surface area (Å²) in [6.45, 7) is 62.5. The second-order valence-corrected chi connectivity index (χ2v) is 31.6. The van der Waals surface area contributed by atoms with Crippen LogP contribution in [-0.2, 0) is 64.6 Å². The minimum absolute atomic E-state index is 0.106. The van der Waals surface area contributed by atoms with Gasteiger partial charge in [-0.05, 0) is 205 Å². The van der Waals surface area contributed by atoms with E-state index in [0.717, 1.165) is 42.1 Å². The van der Waals surface area contributed by atoms with Crippen LogP contribution in [0.3, 0.4) is 0 Å². The van der Waals surface area contributed by atoms with E-state index >= 15 is 0 Å². The molecule has 0 N–H and O–H groups in total. The normalized spacial score (nSPS) is 11.9. The van der Waals surface area contributed by atoms with E-state index in [1.807, 2.05) is 18.2 Å². The Balaban J connectivity index is 0.000000499. The van der Waals surface area contributed by atoms with Crippen molar-refractivity contribution in [1.29, 1.82) is 0 Å². The fraction of sp³-hybridized carbons (Fsp3) is 0.544. The van der Waals surface area contributed by atoms with Crippen molar-refractivity contribution < 1.29 is 0 Å². The standard InChI is InChI=1S/C16H26.C14H21Cl.C14H22.C13H20.C12H17Cl.C10H12Cl2/c1-11(2)13-8-14(12(3)4)10-15(9-13)16(5,6)7;1-5-6-7-11-8-12(14(2,3)4)10-13(15)9-11;1-6-11-8-12(7-2)10-13(9-11)14(3,4)5;1-6-11-7-10(2)8-12(9-11)13(3,4)5;1-5-9-6-10(12(2,3)4)8-11(13)7-9;1-10(2,3)7-4-8(11)6-9(12)5-7/h8-12H,1-7H3;8-10H,5-7H2,1-4H3;8-10H,6-7H2,1-5H3;7-9H,6H2,1-5H3;6-8H,5H2,1-4H3;4-6H,1-3H3. The molecule has 0 heterocycles. The number of hydrogen-bond donors (Lipinski definition) is 0. The topological polar surface area (TPSA) is 0 Å². The van der Waals surface area contributed by atoms with E-state index in [1.54, 1.807) is 6.07 Å². The molecule has 6 rings (SSSR count). The van der Waals surface area contributed by atoms with Crippen LogP contribution in [0.5, 0.6) is 0 Å². The molecule has 0 bridgehead atoms. The molecule has 0 nitrogen and oxygen atoms in total. The molecule has 0 unspecified atom stereocenters. The second kappa shape index (κ2) is 34.1. The highest BCUT2D eigenvalue weighted by Gasteiger charge is 2.20. The minimum Gasteiger partial charge on any atom is -0.0843 e. The summed E-state index contributed by atoms with van der Waals surface area (Å²) in [7, 11) is 0. The summed E-state index contributed by atoms with van der Waals surface area (Å²) in [5, 5.41) is 3.12. The van der Waals surface area contributed by atoms with Crippen LogP contribution in [0.25, 0.3) is 0 Å². The predicted octanol–water partition coefficient (Wildman–Crippen LogP) is 26.7. The third-order valence-corrected chi connectivity index (χ3v) is 15.8. The molecule has 83 heavy (non-hydrogen) atoms. The zero-order chi connectivity index (χ0) is 64.2. The van der Waals surface area contributed by atoms with E-state index < -0.39 is 0 Å². The summed E-state index contributed by atoms with van der Waals surface area (Å²) in [5.41, 5.74) is 20.9. The van der Waals surface area contributed by atoms with Crippen LogP contribution in [0.15, 0.2) is 109 Å². The molecule has 0 aliphatic rings. The summed E-state index contributed by atoms with van der Waals surface area (Å²) in [5.74, 6) is 1.22. The van der Waals surface area contributed by atoms with Crippen molar-refractivity contribution in [2.75, 3.05) is 0 Å². The summed E-state index contributed by atoms with van der Waals surface area (Å²) in [6, 6.07) is 39.5. The van der Waals surface area contributed by atoms with Gasteiger partial charge < -0.3 is 0 Å². The molecule has 0 atom stereocenters. The molecule has 462 valence electrons. The van der Waals surface area contributed by atoms with Gasteiger partial charge in [-0.2, -0.15) is 0 Å². The lowest BCUT2D eigenvalue weighted by Crippen LogP contribution is -2.12. The maximum atomic E-state index is 6.13. The predicted molar refractivity (Wildman–Crippen MR) is 380 cm³/mol. The zero-order valence-electron chi connectivity index (χ0n) is 58.0. The van der Waals surface area contributed by atoms with Crippen LogP contribution in [0, 0.1) is 6.92 Å². The van der Waals surface area contributed by atoms with Crippen molar-refractivity contribution in [3.63, 3.8) is 0 Å². The molecule has 0 radical (unpaired) electrons. The van der Waals surface area contributed by atoms with E-state index in [1.165, 1.54) is 90.7 Å². The van der Waals surface area contributed by atoms with E-state index in [-0.39, 0.29) is 32.5 Å². The third kappa shape index (κ3) is 29.6. The first kappa shape index (κ1) is 77.5. The van der Waals surface area contributed by atoms with Crippen molar-refractivity contribution in [2.24, 2.45) is 0 Å². The molecule has 6 aromatic carbocycles. The molecule has 0 spiro atoms. The van der Waals surface area contributed by atoms with Gasteiger partial charge in [-0.3, -0.25) is 0 Å². The number of rotatable bonds is 9. The highest BCUT2D eigenvalue weighted by Crippen LogP contribution is 2.33. The van der Waals surface area contributed by atoms with Gasteiger partial charge in [0.05, 0.1) is 0 Å². The average Bonchev–Trinajstić information content (AvgIpc) is 3.36. The van der Waals surface area contributed by atoms with Crippen molar-refractivity contribution >= 4 is 46.4 Å². The minimum atomic E-state index is 0.106. The second-order valence-electron chi connectivity index (χ2n) is 29.8. The number of aryl methyl sites for hydroxylation is 6. The zero-order valence-corrected chi connectivity index (χ0v) is 61.0. The Morgan fingerprint density at radius 1 is 0.289 bits per heavy atom. The molecule has 0 fully saturated rings.